The lowest BCUT2D eigenvalue weighted by Crippen LogP contribution is -2.63. The van der Waals surface area contributed by atoms with Gasteiger partial charge in [-0.25, -0.2) is 4.39 Å². The molecule has 0 aromatic heterocycles. The molecule has 3 unspecified atom stereocenters. The lowest BCUT2D eigenvalue weighted by atomic mass is 9.52. The Labute approximate surface area is 172 Å². The molecule has 0 spiro atoms. The summed E-state index contributed by atoms with van der Waals surface area (Å²) >= 11 is 0. The lowest BCUT2D eigenvalue weighted by molar-refractivity contribution is -0.148. The molecule has 158 valence electrons. The Morgan fingerprint density at radius 3 is 2.31 bits per heavy atom. The minimum absolute atomic E-state index is 0.129. The van der Waals surface area contributed by atoms with Crippen molar-refractivity contribution in [1.82, 2.24) is 10.2 Å². The second kappa shape index (κ2) is 7.24. The van der Waals surface area contributed by atoms with Crippen LogP contribution in [0.25, 0.3) is 0 Å². The van der Waals surface area contributed by atoms with Gasteiger partial charge >= 0.3 is 0 Å². The highest BCUT2D eigenvalue weighted by Crippen LogP contribution is 2.55. The van der Waals surface area contributed by atoms with Gasteiger partial charge in [0, 0.05) is 37.9 Å². The molecule has 4 saturated carbocycles. The number of rotatable bonds is 4. The third-order valence-corrected chi connectivity index (χ3v) is 7.98. The van der Waals surface area contributed by atoms with E-state index in [1.807, 2.05) is 19.1 Å². The zero-order valence-electron chi connectivity index (χ0n) is 17.2. The maximum absolute atomic E-state index is 13.1. The van der Waals surface area contributed by atoms with Crippen LogP contribution in [0.15, 0.2) is 24.3 Å². The van der Waals surface area contributed by atoms with Crippen LogP contribution in [0, 0.1) is 23.6 Å². The fourth-order valence-corrected chi connectivity index (χ4v) is 6.69. The van der Waals surface area contributed by atoms with Crippen molar-refractivity contribution in [3.05, 3.63) is 30.1 Å². The summed E-state index contributed by atoms with van der Waals surface area (Å²) in [6, 6.07) is 6.73. The zero-order chi connectivity index (χ0) is 20.2. The largest absolute Gasteiger partial charge is 0.390 e. The molecule has 1 saturated heterocycles. The van der Waals surface area contributed by atoms with Gasteiger partial charge in [0.2, 0.25) is 5.91 Å². The monoisotopic (exact) mass is 401 g/mol. The molecule has 0 radical (unpaired) electrons. The first-order valence-corrected chi connectivity index (χ1v) is 11.2. The summed E-state index contributed by atoms with van der Waals surface area (Å²) in [6.45, 7) is 5.34. The van der Waals surface area contributed by atoms with E-state index in [9.17, 15) is 14.3 Å². The highest BCUT2D eigenvalue weighted by molar-refractivity contribution is 5.81. The SMILES string of the molecule is CC(C(=O)NC1C2CC3CC1CC(O)(C3)C2)N1CCN(c2ccc(F)cc2)CC1. The molecule has 1 aromatic carbocycles. The highest BCUT2D eigenvalue weighted by atomic mass is 19.1. The quantitative estimate of drug-likeness (QED) is 0.814. The summed E-state index contributed by atoms with van der Waals surface area (Å²) in [5.41, 5.74) is 0.578. The van der Waals surface area contributed by atoms with Gasteiger partial charge in [0.15, 0.2) is 0 Å². The van der Waals surface area contributed by atoms with Gasteiger partial charge in [-0.1, -0.05) is 0 Å². The summed E-state index contributed by atoms with van der Waals surface area (Å²) in [7, 11) is 0. The second-order valence-electron chi connectivity index (χ2n) is 9.90. The van der Waals surface area contributed by atoms with E-state index in [4.69, 9.17) is 0 Å². The van der Waals surface area contributed by atoms with Gasteiger partial charge in [-0.2, -0.15) is 0 Å². The Hall–Kier alpha value is -1.66. The van der Waals surface area contributed by atoms with E-state index in [1.165, 1.54) is 12.1 Å². The maximum Gasteiger partial charge on any atom is 0.237 e. The van der Waals surface area contributed by atoms with Crippen molar-refractivity contribution in [2.45, 2.75) is 56.7 Å². The van der Waals surface area contributed by atoms with Crippen molar-refractivity contribution in [3.63, 3.8) is 0 Å². The molecule has 1 heterocycles. The number of anilines is 1. The fraction of sp³-hybridized carbons (Fsp3) is 0.696. The fourth-order valence-electron chi connectivity index (χ4n) is 6.69. The molecule has 2 N–H and O–H groups in total. The Balaban J connectivity index is 1.16. The molecule has 5 aliphatic rings. The first-order chi connectivity index (χ1) is 13.9. The van der Waals surface area contributed by atoms with Gasteiger partial charge in [0.25, 0.3) is 0 Å². The number of benzene rings is 1. The minimum atomic E-state index is -0.458. The molecule has 5 fully saturated rings. The number of halogens is 1. The summed E-state index contributed by atoms with van der Waals surface area (Å²) in [6.07, 6.45) is 5.00. The van der Waals surface area contributed by atoms with Crippen molar-refractivity contribution < 1.29 is 14.3 Å². The molecule has 6 heteroatoms. The topological polar surface area (TPSA) is 55.8 Å². The van der Waals surface area contributed by atoms with Gasteiger partial charge in [-0.05, 0) is 81.0 Å². The number of nitrogens with one attached hydrogen (secondary N) is 1. The van der Waals surface area contributed by atoms with E-state index in [-0.39, 0.29) is 23.8 Å². The molecule has 3 atom stereocenters. The van der Waals surface area contributed by atoms with Gasteiger partial charge < -0.3 is 15.3 Å². The Morgan fingerprint density at radius 1 is 1.10 bits per heavy atom. The molecule has 29 heavy (non-hydrogen) atoms. The Bertz CT molecular complexity index is 746. The van der Waals surface area contributed by atoms with Gasteiger partial charge in [-0.3, -0.25) is 9.69 Å². The van der Waals surface area contributed by atoms with Gasteiger partial charge in [0.1, 0.15) is 5.82 Å². The van der Waals surface area contributed by atoms with Crippen molar-refractivity contribution in [2.24, 2.45) is 17.8 Å². The number of aliphatic hydroxyl groups is 1. The molecular formula is C23H32FN3O2. The second-order valence-corrected chi connectivity index (χ2v) is 9.90. The normalized spacial score (nSPS) is 37.6. The first-order valence-electron chi connectivity index (χ1n) is 11.2. The predicted molar refractivity (Wildman–Crippen MR) is 110 cm³/mol. The van der Waals surface area contributed by atoms with E-state index in [1.54, 1.807) is 0 Å². The van der Waals surface area contributed by atoms with E-state index in [2.05, 4.69) is 15.1 Å². The lowest BCUT2D eigenvalue weighted by Gasteiger charge is -2.58. The van der Waals surface area contributed by atoms with Crippen LogP contribution >= 0.6 is 0 Å². The van der Waals surface area contributed by atoms with Gasteiger partial charge in [0.05, 0.1) is 11.6 Å². The molecule has 5 nitrogen and oxygen atoms in total. The molecule has 4 bridgehead atoms. The summed E-state index contributed by atoms with van der Waals surface area (Å²) in [5, 5.41) is 14.1. The van der Waals surface area contributed by atoms with Crippen LogP contribution < -0.4 is 10.2 Å². The van der Waals surface area contributed by atoms with Crippen molar-refractivity contribution in [1.29, 1.82) is 0 Å². The van der Waals surface area contributed by atoms with Crippen LogP contribution in [0.4, 0.5) is 10.1 Å². The Morgan fingerprint density at radius 2 is 1.72 bits per heavy atom. The number of amides is 1. The molecule has 1 aromatic rings. The van der Waals surface area contributed by atoms with Crippen LogP contribution in [0.5, 0.6) is 0 Å². The minimum Gasteiger partial charge on any atom is -0.390 e. The molecule has 1 amide bonds. The Kier molecular flexibility index (Phi) is 4.82. The predicted octanol–water partition coefficient (Wildman–Crippen LogP) is 2.39. The van der Waals surface area contributed by atoms with Crippen LogP contribution in [-0.4, -0.2) is 59.8 Å². The number of piperazine rings is 1. The maximum atomic E-state index is 13.1. The number of nitrogens with zero attached hydrogens (tertiary/aromatic N) is 2. The van der Waals surface area contributed by atoms with Crippen molar-refractivity contribution in [2.75, 3.05) is 31.1 Å². The summed E-state index contributed by atoms with van der Waals surface area (Å²) < 4.78 is 13.1. The third kappa shape index (κ3) is 3.66. The number of carbonyl (C=O) groups excluding carboxylic acids is 1. The highest BCUT2D eigenvalue weighted by Gasteiger charge is 2.55. The van der Waals surface area contributed by atoms with E-state index < -0.39 is 5.60 Å². The standard InChI is InChI=1S/C23H32FN3O2/c1-15(26-6-8-27(9-7-26)20-4-2-19(24)3-5-20)22(28)25-21-17-10-16-11-18(21)14-23(29,12-16)13-17/h2-5,15-18,21,29H,6-14H2,1H3,(H,25,28). The van der Waals surface area contributed by atoms with Crippen LogP contribution in [0.1, 0.15) is 39.0 Å². The van der Waals surface area contributed by atoms with Gasteiger partial charge in [-0.15, -0.1) is 0 Å². The molecule has 6 rings (SSSR count). The van der Waals surface area contributed by atoms with E-state index in [0.717, 1.165) is 64.0 Å². The molecule has 1 aliphatic heterocycles. The van der Waals surface area contributed by atoms with Crippen molar-refractivity contribution in [3.8, 4) is 0 Å². The smallest absolute Gasteiger partial charge is 0.237 e. The summed E-state index contributed by atoms with van der Waals surface area (Å²) in [5.74, 6) is 1.46. The average molecular weight is 402 g/mol. The number of hydrogen-bond acceptors (Lipinski definition) is 4. The van der Waals surface area contributed by atoms with Crippen LogP contribution in [0.3, 0.4) is 0 Å². The van der Waals surface area contributed by atoms with E-state index in [0.29, 0.717) is 17.8 Å². The molecule has 4 aliphatic carbocycles. The average Bonchev–Trinajstić information content (AvgIpc) is 2.69. The number of hydrogen-bond donors (Lipinski definition) is 2. The number of carbonyl (C=O) groups is 1. The van der Waals surface area contributed by atoms with Crippen molar-refractivity contribution >= 4 is 11.6 Å². The van der Waals surface area contributed by atoms with Crippen LogP contribution in [0.2, 0.25) is 0 Å². The molecular weight excluding hydrogens is 369 g/mol. The van der Waals surface area contributed by atoms with E-state index >= 15 is 0 Å². The zero-order valence-corrected chi connectivity index (χ0v) is 17.2. The summed E-state index contributed by atoms with van der Waals surface area (Å²) in [4.78, 5) is 17.5. The van der Waals surface area contributed by atoms with Crippen LogP contribution in [-0.2, 0) is 4.79 Å². The first kappa shape index (κ1) is 19.3. The third-order valence-electron chi connectivity index (χ3n) is 7.98.